The maximum absolute atomic E-state index is 12.6. The van der Waals surface area contributed by atoms with Crippen molar-refractivity contribution >= 4 is 10.1 Å². The van der Waals surface area contributed by atoms with E-state index in [1.165, 1.54) is 12.1 Å². The fraction of sp³-hybridized carbons (Fsp3) is 0.368. The van der Waals surface area contributed by atoms with Gasteiger partial charge in [-0.25, -0.2) is 0 Å². The summed E-state index contributed by atoms with van der Waals surface area (Å²) in [6, 6.07) is 15.2. The quantitative estimate of drug-likeness (QED) is 0.260. The topological polar surface area (TPSA) is 101 Å². The Morgan fingerprint density at radius 2 is 1.78 bits per heavy atom. The van der Waals surface area contributed by atoms with Gasteiger partial charge in [-0.05, 0) is 36.6 Å². The summed E-state index contributed by atoms with van der Waals surface area (Å²) in [5.41, 5.74) is 10.7. The number of hydrogen-bond acceptors (Lipinski definition) is 5. The molecule has 0 radical (unpaired) electrons. The van der Waals surface area contributed by atoms with Crippen molar-refractivity contribution < 1.29 is 17.3 Å². The molecule has 0 bridgehead atoms. The highest BCUT2D eigenvalue weighted by Gasteiger charge is 2.27. The summed E-state index contributed by atoms with van der Waals surface area (Å²) in [5, 5.41) is 3.67. The second kappa shape index (κ2) is 10.1. The Morgan fingerprint density at radius 1 is 1.11 bits per heavy atom. The molecule has 2 atom stereocenters. The normalized spacial score (nSPS) is 13.6. The van der Waals surface area contributed by atoms with Crippen molar-refractivity contribution in [1.82, 2.24) is 0 Å². The van der Waals surface area contributed by atoms with Gasteiger partial charge in [0.15, 0.2) is 0 Å². The summed E-state index contributed by atoms with van der Waals surface area (Å²) in [7, 11) is -4.01. The van der Waals surface area contributed by atoms with Gasteiger partial charge < -0.3 is 4.74 Å². The molecule has 0 aliphatic heterocycles. The molecule has 0 amide bonds. The third-order valence-corrected chi connectivity index (χ3v) is 5.35. The van der Waals surface area contributed by atoms with Crippen LogP contribution in [0.25, 0.3) is 10.4 Å². The molecule has 0 spiro atoms. The van der Waals surface area contributed by atoms with Crippen LogP contribution < -0.4 is 0 Å². The summed E-state index contributed by atoms with van der Waals surface area (Å²) < 4.78 is 36.2. The lowest BCUT2D eigenvalue weighted by Crippen LogP contribution is -2.34. The molecule has 7 nitrogen and oxygen atoms in total. The van der Waals surface area contributed by atoms with Crippen LogP contribution in [0.5, 0.6) is 0 Å². The zero-order chi connectivity index (χ0) is 19.7. The number of ether oxygens (including phenoxy) is 1. The van der Waals surface area contributed by atoms with Crippen LogP contribution in [-0.2, 0) is 25.6 Å². The molecule has 0 aromatic heterocycles. The van der Waals surface area contributed by atoms with Gasteiger partial charge in [0.2, 0.25) is 0 Å². The van der Waals surface area contributed by atoms with Crippen molar-refractivity contribution in [2.24, 2.45) is 5.11 Å². The molecule has 27 heavy (non-hydrogen) atoms. The average Bonchev–Trinajstić information content (AvgIpc) is 2.66. The Hall–Kier alpha value is -2.38. The Kier molecular flexibility index (Phi) is 7.82. The van der Waals surface area contributed by atoms with Gasteiger partial charge in [0.25, 0.3) is 10.1 Å². The molecule has 144 valence electrons. The van der Waals surface area contributed by atoms with Crippen LogP contribution in [0.15, 0.2) is 64.6 Å². The summed E-state index contributed by atoms with van der Waals surface area (Å²) in [6.45, 7) is 3.95. The van der Waals surface area contributed by atoms with Crippen LogP contribution in [-0.4, -0.2) is 27.2 Å². The Morgan fingerprint density at radius 3 is 2.37 bits per heavy atom. The molecule has 0 unspecified atom stereocenters. The molecule has 2 aromatic carbocycles. The van der Waals surface area contributed by atoms with Gasteiger partial charge in [0.05, 0.1) is 24.2 Å². The highest BCUT2D eigenvalue weighted by Crippen LogP contribution is 2.19. The first-order chi connectivity index (χ1) is 13.0. The van der Waals surface area contributed by atoms with Crippen molar-refractivity contribution in [2.45, 2.75) is 43.9 Å². The average molecular weight is 389 g/mol. The summed E-state index contributed by atoms with van der Waals surface area (Å²) in [6.07, 6.45) is -0.492. The van der Waals surface area contributed by atoms with Crippen LogP contribution in [0.3, 0.4) is 0 Å². The molecule has 0 saturated carbocycles. The van der Waals surface area contributed by atoms with Gasteiger partial charge in [-0.2, -0.15) is 8.42 Å². The highest BCUT2D eigenvalue weighted by atomic mass is 32.2. The van der Waals surface area contributed by atoms with Crippen molar-refractivity contribution in [3.8, 4) is 0 Å². The summed E-state index contributed by atoms with van der Waals surface area (Å²) in [5.74, 6) is 0. The fourth-order valence-electron chi connectivity index (χ4n) is 2.48. The van der Waals surface area contributed by atoms with Crippen molar-refractivity contribution in [2.75, 3.05) is 6.61 Å². The molecular weight excluding hydrogens is 366 g/mol. The summed E-state index contributed by atoms with van der Waals surface area (Å²) in [4.78, 5) is 2.86. The van der Waals surface area contributed by atoms with E-state index in [0.717, 1.165) is 11.1 Å². The van der Waals surface area contributed by atoms with Gasteiger partial charge in [0.1, 0.15) is 6.10 Å². The van der Waals surface area contributed by atoms with Gasteiger partial charge in [-0.15, -0.1) is 0 Å². The van der Waals surface area contributed by atoms with E-state index in [1.54, 1.807) is 19.1 Å². The van der Waals surface area contributed by atoms with Crippen molar-refractivity contribution in [3.05, 3.63) is 76.2 Å². The summed E-state index contributed by atoms with van der Waals surface area (Å²) >= 11 is 0. The molecule has 8 heteroatoms. The lowest BCUT2D eigenvalue weighted by molar-refractivity contribution is 0.0319. The largest absolute Gasteiger partial charge is 0.374 e. The van der Waals surface area contributed by atoms with E-state index >= 15 is 0 Å². The van der Waals surface area contributed by atoms with E-state index in [-0.39, 0.29) is 11.5 Å². The number of azide groups is 1. The Bertz CT molecular complexity index is 864. The van der Waals surface area contributed by atoms with E-state index < -0.39 is 22.3 Å². The van der Waals surface area contributed by atoms with Crippen LogP contribution in [0.1, 0.15) is 24.5 Å². The predicted octanol–water partition coefficient (Wildman–Crippen LogP) is 4.37. The van der Waals surface area contributed by atoms with Crippen LogP contribution in [0.4, 0.5) is 0 Å². The van der Waals surface area contributed by atoms with Gasteiger partial charge >= 0.3 is 0 Å². The number of nitrogens with zero attached hydrogens (tertiary/aromatic N) is 3. The third kappa shape index (κ3) is 6.37. The molecule has 0 N–H and O–H groups in total. The smallest absolute Gasteiger partial charge is 0.297 e. The van der Waals surface area contributed by atoms with Crippen molar-refractivity contribution in [3.63, 3.8) is 0 Å². The second-order valence-electron chi connectivity index (χ2n) is 6.08. The fourth-order valence-corrected chi connectivity index (χ4v) is 3.57. The molecule has 0 heterocycles. The maximum Gasteiger partial charge on any atom is 0.297 e. The standard InChI is InChI=1S/C19H23N3O4S/c1-3-18(21-22-20)19(14-25-13-16-7-5-4-6-8-16)26-27(23,24)17-11-9-15(2)10-12-17/h4-12,18-19H,3,13-14H2,1-2H3/t18-,19+/m0/s1. The molecular formula is C19H23N3O4S. The van der Waals surface area contributed by atoms with Gasteiger partial charge in [0, 0.05) is 4.91 Å². The minimum atomic E-state index is -4.01. The monoisotopic (exact) mass is 389 g/mol. The van der Waals surface area contributed by atoms with E-state index in [9.17, 15) is 8.42 Å². The minimum absolute atomic E-state index is 0.0164. The first-order valence-electron chi connectivity index (χ1n) is 8.62. The third-order valence-electron chi connectivity index (χ3n) is 4.00. The molecule has 0 aliphatic carbocycles. The molecule has 0 fully saturated rings. The van der Waals surface area contributed by atoms with E-state index in [4.69, 9.17) is 14.5 Å². The zero-order valence-electron chi connectivity index (χ0n) is 15.4. The van der Waals surface area contributed by atoms with Crippen molar-refractivity contribution in [1.29, 1.82) is 0 Å². The second-order valence-corrected chi connectivity index (χ2v) is 7.66. The number of hydrogen-bond donors (Lipinski definition) is 0. The van der Waals surface area contributed by atoms with E-state index in [1.807, 2.05) is 37.3 Å². The van der Waals surface area contributed by atoms with Gasteiger partial charge in [-0.3, -0.25) is 4.18 Å². The first kappa shape index (κ1) is 20.9. The minimum Gasteiger partial charge on any atom is -0.374 e. The first-order valence-corrected chi connectivity index (χ1v) is 10.0. The maximum atomic E-state index is 12.6. The Labute approximate surface area is 159 Å². The number of benzene rings is 2. The number of rotatable bonds is 10. The molecule has 2 rings (SSSR count). The molecule has 0 saturated heterocycles. The van der Waals surface area contributed by atoms with Crippen LogP contribution in [0.2, 0.25) is 0 Å². The van der Waals surface area contributed by atoms with Gasteiger partial charge in [-0.1, -0.05) is 60.1 Å². The predicted molar refractivity (Wildman–Crippen MR) is 103 cm³/mol. The van der Waals surface area contributed by atoms with E-state index in [2.05, 4.69) is 10.0 Å². The highest BCUT2D eigenvalue weighted by molar-refractivity contribution is 7.86. The zero-order valence-corrected chi connectivity index (χ0v) is 16.2. The lowest BCUT2D eigenvalue weighted by Gasteiger charge is -2.22. The molecule has 2 aromatic rings. The van der Waals surface area contributed by atoms with Crippen LogP contribution in [0, 0.1) is 6.92 Å². The SMILES string of the molecule is CC[C@H](N=[N+]=[N-])[C@@H](COCc1ccccc1)OS(=O)(=O)c1ccc(C)cc1. The number of aryl methyl sites for hydroxylation is 1. The molecule has 0 aliphatic rings. The van der Waals surface area contributed by atoms with Crippen LogP contribution >= 0.6 is 0 Å². The van der Waals surface area contributed by atoms with E-state index in [0.29, 0.717) is 13.0 Å². The Balaban J connectivity index is 2.13. The lowest BCUT2D eigenvalue weighted by atomic mass is 10.1.